The molecule has 0 atom stereocenters. The zero-order valence-electron chi connectivity index (χ0n) is 21.9. The minimum Gasteiger partial charge on any atom is -0.444 e. The third-order valence-electron chi connectivity index (χ3n) is 5.83. The minimum absolute atomic E-state index is 0.288. The van der Waals surface area contributed by atoms with Gasteiger partial charge in [-0.3, -0.25) is 0 Å². The predicted octanol–water partition coefficient (Wildman–Crippen LogP) is 6.09. The van der Waals surface area contributed by atoms with E-state index in [1.807, 2.05) is 47.6 Å². The second-order valence-electron chi connectivity index (χ2n) is 11.1. The molecule has 0 saturated heterocycles. The summed E-state index contributed by atoms with van der Waals surface area (Å²) < 4.78 is 10.9. The van der Waals surface area contributed by atoms with Crippen LogP contribution in [-0.4, -0.2) is 23.4 Å². The number of nitrogens with two attached hydrogens (primary N) is 1. The van der Waals surface area contributed by atoms with E-state index in [9.17, 15) is 9.59 Å². The number of carbonyl (C=O) groups is 2. The van der Waals surface area contributed by atoms with Crippen LogP contribution in [0.2, 0.25) is 0 Å². The van der Waals surface area contributed by atoms with Crippen LogP contribution in [0.5, 0.6) is 0 Å². The van der Waals surface area contributed by atoms with E-state index in [4.69, 9.17) is 15.2 Å². The van der Waals surface area contributed by atoms with Crippen LogP contribution in [0, 0.1) is 0 Å². The fraction of sp³-hybridized carbons (Fsp3) is 0.379. The van der Waals surface area contributed by atoms with Gasteiger partial charge in [-0.25, -0.2) is 9.59 Å². The molecule has 2 amide bonds. The van der Waals surface area contributed by atoms with Crippen LogP contribution in [0.1, 0.15) is 58.2 Å². The van der Waals surface area contributed by atoms with Crippen molar-refractivity contribution in [1.82, 2.24) is 10.6 Å². The number of carbonyl (C=O) groups excluding carboxylic acids is 2. The Bertz CT molecular complexity index is 1330. The zero-order chi connectivity index (χ0) is 26.3. The molecule has 4 aromatic carbocycles. The Labute approximate surface area is 211 Å². The third kappa shape index (κ3) is 5.62. The maximum atomic E-state index is 12.4. The van der Waals surface area contributed by atoms with Gasteiger partial charge in [0.1, 0.15) is 11.2 Å². The molecule has 0 unspecified atom stereocenters. The highest BCUT2D eigenvalue weighted by atomic mass is 16.6. The van der Waals surface area contributed by atoms with Gasteiger partial charge >= 0.3 is 12.2 Å². The van der Waals surface area contributed by atoms with Crippen LogP contribution in [0.3, 0.4) is 0 Å². The highest BCUT2D eigenvalue weighted by molar-refractivity contribution is 6.24. The summed E-state index contributed by atoms with van der Waals surface area (Å²) in [6.07, 6.45) is -0.955. The van der Waals surface area contributed by atoms with Gasteiger partial charge in [-0.15, -0.1) is 0 Å². The van der Waals surface area contributed by atoms with E-state index in [1.165, 1.54) is 0 Å². The van der Waals surface area contributed by atoms with E-state index in [1.54, 1.807) is 0 Å². The van der Waals surface area contributed by atoms with E-state index in [0.717, 1.165) is 49.0 Å². The lowest BCUT2D eigenvalue weighted by molar-refractivity contribution is 0.0513. The van der Waals surface area contributed by atoms with Crippen molar-refractivity contribution in [2.75, 3.05) is 0 Å². The first kappa shape index (κ1) is 25.5. The summed E-state index contributed by atoms with van der Waals surface area (Å²) in [5.41, 5.74) is 7.70. The molecule has 36 heavy (non-hydrogen) atoms. The maximum absolute atomic E-state index is 12.4. The summed E-state index contributed by atoms with van der Waals surface area (Å²) in [4.78, 5) is 24.8. The SMILES string of the molecule is CC(C)(C)OC(=O)NCc1cc(CNC(=O)OC(C)(C)C)c2ccc3cc(CN)cc4ccc1c2c43. The molecule has 4 N–H and O–H groups in total. The zero-order valence-corrected chi connectivity index (χ0v) is 21.9. The molecule has 190 valence electrons. The first-order valence-corrected chi connectivity index (χ1v) is 12.2. The van der Waals surface area contributed by atoms with Crippen LogP contribution >= 0.6 is 0 Å². The smallest absolute Gasteiger partial charge is 0.407 e. The molecule has 0 radical (unpaired) electrons. The molecule has 0 aliphatic heterocycles. The lowest BCUT2D eigenvalue weighted by Gasteiger charge is -2.22. The van der Waals surface area contributed by atoms with Crippen molar-refractivity contribution in [1.29, 1.82) is 0 Å². The Morgan fingerprint density at radius 1 is 0.722 bits per heavy atom. The van der Waals surface area contributed by atoms with Crippen LogP contribution in [0.25, 0.3) is 32.3 Å². The molecular formula is C29H35N3O4. The van der Waals surface area contributed by atoms with E-state index in [2.05, 4.69) is 47.0 Å². The van der Waals surface area contributed by atoms with Gasteiger partial charge in [0.2, 0.25) is 0 Å². The molecule has 4 aromatic rings. The number of ether oxygens (including phenoxy) is 2. The van der Waals surface area contributed by atoms with E-state index in [0.29, 0.717) is 6.54 Å². The Kier molecular flexibility index (Phi) is 6.71. The Hall–Kier alpha value is -3.58. The van der Waals surface area contributed by atoms with Crippen LogP contribution < -0.4 is 16.4 Å². The summed E-state index contributed by atoms with van der Waals surface area (Å²) >= 11 is 0. The second-order valence-corrected chi connectivity index (χ2v) is 11.1. The van der Waals surface area contributed by atoms with Crippen LogP contribution in [0.4, 0.5) is 9.59 Å². The quantitative estimate of drug-likeness (QED) is 0.294. The van der Waals surface area contributed by atoms with Gasteiger partial charge in [0, 0.05) is 19.6 Å². The number of rotatable bonds is 5. The molecule has 7 nitrogen and oxygen atoms in total. The van der Waals surface area contributed by atoms with Crippen molar-refractivity contribution in [3.63, 3.8) is 0 Å². The number of hydrogen-bond donors (Lipinski definition) is 3. The lowest BCUT2D eigenvalue weighted by atomic mass is 9.88. The highest BCUT2D eigenvalue weighted by Gasteiger charge is 2.20. The van der Waals surface area contributed by atoms with Crippen molar-refractivity contribution < 1.29 is 19.1 Å². The first-order valence-electron chi connectivity index (χ1n) is 12.2. The van der Waals surface area contributed by atoms with Gasteiger partial charge in [0.15, 0.2) is 0 Å². The van der Waals surface area contributed by atoms with E-state index in [-0.39, 0.29) is 13.1 Å². The lowest BCUT2D eigenvalue weighted by Crippen LogP contribution is -2.32. The van der Waals surface area contributed by atoms with Crippen molar-refractivity contribution >= 4 is 44.5 Å². The molecule has 0 spiro atoms. The Balaban J connectivity index is 1.80. The predicted molar refractivity (Wildman–Crippen MR) is 144 cm³/mol. The van der Waals surface area contributed by atoms with Crippen molar-refractivity contribution in [2.45, 2.75) is 72.4 Å². The van der Waals surface area contributed by atoms with Crippen LogP contribution in [-0.2, 0) is 29.1 Å². The summed E-state index contributed by atoms with van der Waals surface area (Å²) in [5.74, 6) is 0. The number of amides is 2. The standard InChI is InChI=1S/C29H35N3O4/c1-28(2,3)35-26(33)31-15-20-13-21(16-32-27(34)36-29(4,5)6)23-10-8-19-12-17(14-30)11-18-7-9-22(20)25(23)24(18)19/h7-13H,14-16,30H2,1-6H3,(H,31,33)(H,32,34). The van der Waals surface area contributed by atoms with Gasteiger partial charge in [0.25, 0.3) is 0 Å². The monoisotopic (exact) mass is 489 g/mol. The summed E-state index contributed by atoms with van der Waals surface area (Å²) in [5, 5.41) is 12.3. The molecule has 0 bridgehead atoms. The van der Waals surface area contributed by atoms with Crippen LogP contribution in [0.15, 0.2) is 42.5 Å². The first-order chi connectivity index (χ1) is 16.8. The third-order valence-corrected chi connectivity index (χ3v) is 5.83. The van der Waals surface area contributed by atoms with Gasteiger partial charge in [0.05, 0.1) is 0 Å². The van der Waals surface area contributed by atoms with Crippen molar-refractivity contribution in [3.8, 4) is 0 Å². The largest absolute Gasteiger partial charge is 0.444 e. The van der Waals surface area contributed by atoms with Gasteiger partial charge in [-0.05, 0) is 103 Å². The van der Waals surface area contributed by atoms with Crippen molar-refractivity contribution in [3.05, 3.63) is 59.2 Å². The van der Waals surface area contributed by atoms with Gasteiger partial charge in [-0.2, -0.15) is 0 Å². The molecule has 0 saturated carbocycles. The average molecular weight is 490 g/mol. The molecular weight excluding hydrogens is 454 g/mol. The van der Waals surface area contributed by atoms with Crippen molar-refractivity contribution in [2.24, 2.45) is 5.73 Å². The molecule has 0 aliphatic rings. The number of alkyl carbamates (subject to hydrolysis) is 2. The molecule has 0 heterocycles. The highest BCUT2D eigenvalue weighted by Crippen LogP contribution is 2.38. The summed E-state index contributed by atoms with van der Waals surface area (Å²) in [7, 11) is 0. The number of benzene rings is 4. The summed E-state index contributed by atoms with van der Waals surface area (Å²) in [6.45, 7) is 12.0. The fourth-order valence-corrected chi connectivity index (χ4v) is 4.51. The molecule has 0 aromatic heterocycles. The molecule has 0 aliphatic carbocycles. The van der Waals surface area contributed by atoms with Gasteiger partial charge < -0.3 is 25.8 Å². The number of nitrogens with one attached hydrogen (secondary N) is 2. The topological polar surface area (TPSA) is 103 Å². The van der Waals surface area contributed by atoms with E-state index < -0.39 is 23.4 Å². The number of hydrogen-bond acceptors (Lipinski definition) is 5. The Morgan fingerprint density at radius 3 is 1.56 bits per heavy atom. The van der Waals surface area contributed by atoms with E-state index >= 15 is 0 Å². The molecule has 4 rings (SSSR count). The fourth-order valence-electron chi connectivity index (χ4n) is 4.51. The average Bonchev–Trinajstić information content (AvgIpc) is 2.77. The Morgan fingerprint density at radius 2 is 1.17 bits per heavy atom. The second kappa shape index (κ2) is 9.47. The molecule has 0 fully saturated rings. The molecule has 7 heteroatoms. The van der Waals surface area contributed by atoms with Gasteiger partial charge in [-0.1, -0.05) is 30.3 Å². The summed E-state index contributed by atoms with van der Waals surface area (Å²) in [6, 6.07) is 14.6. The minimum atomic E-state index is -0.587. The maximum Gasteiger partial charge on any atom is 0.407 e. The normalized spacial score (nSPS) is 12.3.